The van der Waals surface area contributed by atoms with Gasteiger partial charge in [-0.05, 0) is 18.4 Å². The standard InChI is InChI=1S/C15H23NO2/c1-15(2)13(9-14(15)18)16-12(10-17)8-11-6-4-3-5-7-11/h3-7,12-14,16-18H,8-10H2,1-2H3/t12-,13?,14?/m1/s1. The quantitative estimate of drug-likeness (QED) is 0.738. The zero-order chi connectivity index (χ0) is 13.2. The summed E-state index contributed by atoms with van der Waals surface area (Å²) in [5.41, 5.74) is 1.13. The molecule has 3 N–H and O–H groups in total. The first-order chi connectivity index (χ1) is 8.54. The smallest absolute Gasteiger partial charge is 0.0621 e. The lowest BCUT2D eigenvalue weighted by atomic mass is 9.64. The van der Waals surface area contributed by atoms with Gasteiger partial charge >= 0.3 is 0 Å². The van der Waals surface area contributed by atoms with Crippen LogP contribution in [-0.2, 0) is 6.42 Å². The number of hydrogen-bond acceptors (Lipinski definition) is 3. The maximum absolute atomic E-state index is 9.72. The van der Waals surface area contributed by atoms with Gasteiger partial charge in [0.15, 0.2) is 0 Å². The Balaban J connectivity index is 1.91. The van der Waals surface area contributed by atoms with Gasteiger partial charge in [-0.2, -0.15) is 0 Å². The molecule has 2 rings (SSSR count). The minimum Gasteiger partial charge on any atom is -0.395 e. The monoisotopic (exact) mass is 249 g/mol. The predicted octanol–water partition coefficient (Wildman–Crippen LogP) is 1.34. The highest BCUT2D eigenvalue weighted by atomic mass is 16.3. The van der Waals surface area contributed by atoms with Crippen molar-refractivity contribution in [2.75, 3.05) is 6.61 Å². The fraction of sp³-hybridized carbons (Fsp3) is 0.600. The van der Waals surface area contributed by atoms with Crippen molar-refractivity contribution in [2.24, 2.45) is 5.41 Å². The van der Waals surface area contributed by atoms with Crippen molar-refractivity contribution < 1.29 is 10.2 Å². The summed E-state index contributed by atoms with van der Waals surface area (Å²) in [7, 11) is 0. The second-order valence-electron chi connectivity index (χ2n) is 5.86. The summed E-state index contributed by atoms with van der Waals surface area (Å²) in [5, 5.41) is 22.6. The van der Waals surface area contributed by atoms with Crippen LogP contribution in [0.4, 0.5) is 0 Å². The average molecular weight is 249 g/mol. The van der Waals surface area contributed by atoms with Gasteiger partial charge in [-0.3, -0.25) is 0 Å². The highest BCUT2D eigenvalue weighted by molar-refractivity contribution is 5.16. The number of hydrogen-bond donors (Lipinski definition) is 3. The second-order valence-corrected chi connectivity index (χ2v) is 5.86. The van der Waals surface area contributed by atoms with Crippen molar-refractivity contribution in [1.82, 2.24) is 5.32 Å². The molecule has 0 saturated heterocycles. The van der Waals surface area contributed by atoms with Crippen molar-refractivity contribution >= 4 is 0 Å². The Kier molecular flexibility index (Phi) is 4.05. The van der Waals surface area contributed by atoms with E-state index < -0.39 is 0 Å². The molecule has 0 bridgehead atoms. The van der Waals surface area contributed by atoms with Crippen LogP contribution in [0.1, 0.15) is 25.8 Å². The van der Waals surface area contributed by atoms with E-state index in [1.54, 1.807) is 0 Å². The zero-order valence-electron chi connectivity index (χ0n) is 11.1. The van der Waals surface area contributed by atoms with Crippen molar-refractivity contribution in [3.8, 4) is 0 Å². The van der Waals surface area contributed by atoms with Crippen molar-refractivity contribution in [3.63, 3.8) is 0 Å². The fourth-order valence-electron chi connectivity index (χ4n) is 2.54. The van der Waals surface area contributed by atoms with E-state index in [-0.39, 0.29) is 30.2 Å². The first-order valence-electron chi connectivity index (χ1n) is 6.63. The SMILES string of the molecule is CC1(C)C(O)CC1N[C@@H](CO)Cc1ccccc1. The van der Waals surface area contributed by atoms with Gasteiger partial charge in [0.1, 0.15) is 0 Å². The fourth-order valence-corrected chi connectivity index (χ4v) is 2.54. The van der Waals surface area contributed by atoms with Gasteiger partial charge < -0.3 is 15.5 Å². The Bertz CT molecular complexity index is 377. The highest BCUT2D eigenvalue weighted by Gasteiger charge is 2.47. The predicted molar refractivity (Wildman–Crippen MR) is 72.3 cm³/mol. The number of nitrogens with one attached hydrogen (secondary N) is 1. The lowest BCUT2D eigenvalue weighted by Gasteiger charge is -2.50. The van der Waals surface area contributed by atoms with E-state index in [2.05, 4.69) is 31.3 Å². The van der Waals surface area contributed by atoms with Crippen LogP contribution in [0.3, 0.4) is 0 Å². The summed E-state index contributed by atoms with van der Waals surface area (Å²) in [5.74, 6) is 0. The molecule has 3 heteroatoms. The minimum absolute atomic E-state index is 0.0594. The Morgan fingerprint density at radius 3 is 2.50 bits per heavy atom. The molecule has 3 nitrogen and oxygen atoms in total. The number of rotatable bonds is 5. The third kappa shape index (κ3) is 2.74. The molecule has 1 saturated carbocycles. The Labute approximate surface area is 109 Å². The maximum Gasteiger partial charge on any atom is 0.0621 e. The highest BCUT2D eigenvalue weighted by Crippen LogP contribution is 2.40. The van der Waals surface area contributed by atoms with E-state index >= 15 is 0 Å². The molecule has 0 spiro atoms. The third-order valence-corrected chi connectivity index (χ3v) is 4.20. The van der Waals surface area contributed by atoms with Gasteiger partial charge in [0.25, 0.3) is 0 Å². The summed E-state index contributed by atoms with van der Waals surface area (Å²) in [6, 6.07) is 10.5. The lowest BCUT2D eigenvalue weighted by molar-refractivity contribution is -0.0775. The van der Waals surface area contributed by atoms with Gasteiger partial charge in [0.2, 0.25) is 0 Å². The summed E-state index contributed by atoms with van der Waals surface area (Å²) in [6.45, 7) is 4.25. The molecule has 1 fully saturated rings. The van der Waals surface area contributed by atoms with Gasteiger partial charge in [-0.1, -0.05) is 44.2 Å². The summed E-state index contributed by atoms with van der Waals surface area (Å²) in [4.78, 5) is 0. The molecular formula is C15H23NO2. The summed E-state index contributed by atoms with van der Waals surface area (Å²) >= 11 is 0. The molecule has 18 heavy (non-hydrogen) atoms. The van der Waals surface area contributed by atoms with Crippen LogP contribution in [0.15, 0.2) is 30.3 Å². The minimum atomic E-state index is -0.230. The van der Waals surface area contributed by atoms with E-state index in [1.165, 1.54) is 5.56 Å². The van der Waals surface area contributed by atoms with Gasteiger partial charge in [-0.25, -0.2) is 0 Å². The Morgan fingerprint density at radius 2 is 2.00 bits per heavy atom. The average Bonchev–Trinajstić information content (AvgIpc) is 2.38. The molecule has 0 radical (unpaired) electrons. The van der Waals surface area contributed by atoms with E-state index in [4.69, 9.17) is 0 Å². The van der Waals surface area contributed by atoms with E-state index in [0.717, 1.165) is 12.8 Å². The van der Waals surface area contributed by atoms with Gasteiger partial charge in [0.05, 0.1) is 12.7 Å². The molecule has 3 atom stereocenters. The molecular weight excluding hydrogens is 226 g/mol. The van der Waals surface area contributed by atoms with Crippen LogP contribution >= 0.6 is 0 Å². The third-order valence-electron chi connectivity index (χ3n) is 4.20. The molecule has 1 aromatic rings. The van der Waals surface area contributed by atoms with Crippen LogP contribution in [-0.4, -0.2) is 35.0 Å². The summed E-state index contributed by atoms with van der Waals surface area (Å²) in [6.07, 6.45) is 1.37. The van der Waals surface area contributed by atoms with Crippen LogP contribution in [0, 0.1) is 5.41 Å². The molecule has 1 aliphatic rings. The number of aliphatic hydroxyl groups excluding tert-OH is 2. The topological polar surface area (TPSA) is 52.5 Å². The second kappa shape index (κ2) is 5.39. The van der Waals surface area contributed by atoms with Crippen molar-refractivity contribution in [2.45, 2.75) is 44.9 Å². The Hall–Kier alpha value is -0.900. The van der Waals surface area contributed by atoms with Crippen LogP contribution in [0.25, 0.3) is 0 Å². The number of benzene rings is 1. The van der Waals surface area contributed by atoms with Crippen LogP contribution in [0.2, 0.25) is 0 Å². The van der Waals surface area contributed by atoms with Gasteiger partial charge in [0, 0.05) is 17.5 Å². The molecule has 1 aliphatic carbocycles. The van der Waals surface area contributed by atoms with Crippen LogP contribution < -0.4 is 5.32 Å². The zero-order valence-corrected chi connectivity index (χ0v) is 11.1. The van der Waals surface area contributed by atoms with E-state index in [0.29, 0.717) is 0 Å². The van der Waals surface area contributed by atoms with E-state index in [1.807, 2.05) is 18.2 Å². The van der Waals surface area contributed by atoms with Gasteiger partial charge in [-0.15, -0.1) is 0 Å². The van der Waals surface area contributed by atoms with Crippen molar-refractivity contribution in [3.05, 3.63) is 35.9 Å². The molecule has 1 aromatic carbocycles. The molecule has 0 heterocycles. The Morgan fingerprint density at radius 1 is 1.33 bits per heavy atom. The molecule has 0 aromatic heterocycles. The normalized spacial score (nSPS) is 27.6. The molecule has 100 valence electrons. The van der Waals surface area contributed by atoms with Crippen LogP contribution in [0.5, 0.6) is 0 Å². The first-order valence-corrected chi connectivity index (χ1v) is 6.63. The largest absolute Gasteiger partial charge is 0.395 e. The molecule has 0 aliphatic heterocycles. The van der Waals surface area contributed by atoms with E-state index in [9.17, 15) is 10.2 Å². The molecule has 0 amide bonds. The van der Waals surface area contributed by atoms with Crippen molar-refractivity contribution in [1.29, 1.82) is 0 Å². The summed E-state index contributed by atoms with van der Waals surface area (Å²) < 4.78 is 0. The maximum atomic E-state index is 9.72. The first kappa shape index (κ1) is 13.5. The molecule has 2 unspecified atom stereocenters. The lowest BCUT2D eigenvalue weighted by Crippen LogP contribution is -2.62. The number of aliphatic hydroxyl groups is 2.